The normalized spacial score (nSPS) is 12.2. The van der Waals surface area contributed by atoms with E-state index in [1.807, 2.05) is 0 Å². The van der Waals surface area contributed by atoms with Gasteiger partial charge < -0.3 is 9.16 Å². The van der Waals surface area contributed by atoms with Crippen LogP contribution in [0.5, 0.6) is 0 Å². The average molecular weight is 393 g/mol. The second-order valence-electron chi connectivity index (χ2n) is 9.08. The Morgan fingerprint density at radius 1 is 0.963 bits per heavy atom. The topological polar surface area (TPSA) is 35.5 Å². The minimum Gasteiger partial charge on any atom is -0.466 e. The van der Waals surface area contributed by atoms with Crippen molar-refractivity contribution >= 4 is 14.3 Å². The summed E-state index contributed by atoms with van der Waals surface area (Å²) in [6.07, 6.45) is 8.25. The van der Waals surface area contributed by atoms with Crippen molar-refractivity contribution in [3.63, 3.8) is 0 Å². The fourth-order valence-electron chi connectivity index (χ4n) is 2.71. The first-order valence-corrected chi connectivity index (χ1v) is 13.4. The third-order valence-corrected chi connectivity index (χ3v) is 10.0. The van der Waals surface area contributed by atoms with E-state index in [2.05, 4.69) is 58.1 Å². The monoisotopic (exact) mass is 392 g/mol. The summed E-state index contributed by atoms with van der Waals surface area (Å²) in [5, 5.41) is 0.253. The lowest BCUT2D eigenvalue weighted by molar-refractivity contribution is -0.141. The number of esters is 1. The van der Waals surface area contributed by atoms with Gasteiger partial charge in [0.1, 0.15) is 0 Å². The van der Waals surface area contributed by atoms with Crippen LogP contribution < -0.4 is 0 Å². The molecule has 0 amide bonds. The number of carbonyl (C=O) groups excluding carboxylic acids is 1. The highest BCUT2D eigenvalue weighted by Crippen LogP contribution is 2.37. The van der Waals surface area contributed by atoms with E-state index >= 15 is 0 Å². The lowest BCUT2D eigenvalue weighted by Gasteiger charge is -2.36. The van der Waals surface area contributed by atoms with E-state index in [1.165, 1.54) is 43.7 Å². The van der Waals surface area contributed by atoms with Crippen LogP contribution in [0.25, 0.3) is 0 Å². The first-order chi connectivity index (χ1) is 12.6. The fraction of sp³-hybridized carbons (Fsp3) is 0.696. The largest absolute Gasteiger partial charge is 0.466 e. The molecule has 0 N–H and O–H groups in total. The third kappa shape index (κ3) is 10.1. The molecule has 0 radical (unpaired) electrons. The van der Waals surface area contributed by atoms with Crippen LogP contribution in [0.1, 0.15) is 77.3 Å². The Morgan fingerprint density at radius 2 is 1.56 bits per heavy atom. The molecule has 1 aromatic carbocycles. The van der Waals surface area contributed by atoms with Crippen molar-refractivity contribution in [2.75, 3.05) is 6.61 Å². The molecule has 0 heterocycles. The Kier molecular flexibility index (Phi) is 10.3. The lowest BCUT2D eigenvalue weighted by Crippen LogP contribution is -2.40. The van der Waals surface area contributed by atoms with Crippen LogP contribution >= 0.6 is 0 Å². The van der Waals surface area contributed by atoms with Gasteiger partial charge in [-0.3, -0.25) is 4.79 Å². The van der Waals surface area contributed by atoms with Crippen molar-refractivity contribution in [1.82, 2.24) is 0 Å². The van der Waals surface area contributed by atoms with Crippen molar-refractivity contribution in [3.8, 4) is 0 Å². The van der Waals surface area contributed by atoms with Crippen molar-refractivity contribution in [2.45, 2.75) is 97.4 Å². The number of carbonyl (C=O) groups is 1. The molecule has 0 saturated carbocycles. The Morgan fingerprint density at radius 3 is 2.19 bits per heavy atom. The van der Waals surface area contributed by atoms with E-state index in [0.717, 1.165) is 25.9 Å². The van der Waals surface area contributed by atoms with Crippen molar-refractivity contribution in [3.05, 3.63) is 35.4 Å². The number of rotatable bonds is 12. The van der Waals surface area contributed by atoms with Crippen LogP contribution in [-0.2, 0) is 27.0 Å². The van der Waals surface area contributed by atoms with Gasteiger partial charge in [0.2, 0.25) is 0 Å². The SMILES string of the molecule is CC(=O)OCCCCCCCCc1cccc(CO[Si](C)(C)C(C)(C)C)c1. The molecule has 0 fully saturated rings. The van der Waals surface area contributed by atoms with Crippen molar-refractivity contribution in [1.29, 1.82) is 0 Å². The van der Waals surface area contributed by atoms with E-state index in [0.29, 0.717) is 6.61 Å². The standard InChI is InChI=1S/C23H40O3Si/c1-20(24)25-17-12-10-8-7-9-11-14-21-15-13-16-22(18-21)19-26-27(5,6)23(2,3)4/h13,15-16,18H,7-12,14,17,19H2,1-6H3. The highest BCUT2D eigenvalue weighted by atomic mass is 28.4. The van der Waals surface area contributed by atoms with Gasteiger partial charge in [0, 0.05) is 6.92 Å². The number of ether oxygens (including phenoxy) is 1. The Bertz CT molecular complexity index is 561. The van der Waals surface area contributed by atoms with Crippen LogP contribution in [0.3, 0.4) is 0 Å². The van der Waals surface area contributed by atoms with E-state index < -0.39 is 8.32 Å². The molecule has 0 aromatic heterocycles. The first kappa shape index (κ1) is 23.9. The molecule has 0 saturated heterocycles. The molecule has 0 spiro atoms. The van der Waals surface area contributed by atoms with E-state index in [1.54, 1.807) is 0 Å². The van der Waals surface area contributed by atoms with Crippen molar-refractivity contribution < 1.29 is 14.0 Å². The lowest BCUT2D eigenvalue weighted by atomic mass is 10.0. The molecular weight excluding hydrogens is 352 g/mol. The van der Waals surface area contributed by atoms with Gasteiger partial charge in [0.05, 0.1) is 13.2 Å². The third-order valence-electron chi connectivity index (χ3n) is 5.56. The molecule has 1 aromatic rings. The van der Waals surface area contributed by atoms with Crippen LogP contribution in [0.15, 0.2) is 24.3 Å². The zero-order chi connectivity index (χ0) is 20.3. The summed E-state index contributed by atoms with van der Waals surface area (Å²) in [7, 11) is -1.69. The van der Waals surface area contributed by atoms with Gasteiger partial charge in [0.25, 0.3) is 0 Å². The fourth-order valence-corrected chi connectivity index (χ4v) is 3.67. The first-order valence-electron chi connectivity index (χ1n) is 10.5. The predicted molar refractivity (Wildman–Crippen MR) is 116 cm³/mol. The summed E-state index contributed by atoms with van der Waals surface area (Å²) >= 11 is 0. The minimum atomic E-state index is -1.69. The van der Waals surface area contributed by atoms with Gasteiger partial charge in [-0.1, -0.05) is 70.7 Å². The summed E-state index contributed by atoms with van der Waals surface area (Å²) in [6, 6.07) is 8.88. The van der Waals surface area contributed by atoms with Crippen LogP contribution in [0, 0.1) is 0 Å². The number of unbranched alkanes of at least 4 members (excludes halogenated alkanes) is 5. The molecule has 0 aliphatic rings. The van der Waals surface area contributed by atoms with Crippen LogP contribution in [0.4, 0.5) is 0 Å². The van der Waals surface area contributed by atoms with E-state index in [4.69, 9.17) is 9.16 Å². The van der Waals surface area contributed by atoms with Gasteiger partial charge >= 0.3 is 5.97 Å². The summed E-state index contributed by atoms with van der Waals surface area (Å²) in [6.45, 7) is 14.2. The number of benzene rings is 1. The molecule has 0 atom stereocenters. The van der Waals surface area contributed by atoms with Crippen LogP contribution in [0.2, 0.25) is 18.1 Å². The molecule has 1 rings (SSSR count). The summed E-state index contributed by atoms with van der Waals surface area (Å²) in [5.41, 5.74) is 2.71. The number of aryl methyl sites for hydroxylation is 1. The summed E-state index contributed by atoms with van der Waals surface area (Å²) in [5.74, 6) is -0.174. The minimum absolute atomic E-state index is 0.174. The molecule has 27 heavy (non-hydrogen) atoms. The van der Waals surface area contributed by atoms with Gasteiger partial charge in [-0.2, -0.15) is 0 Å². The molecule has 0 aliphatic heterocycles. The molecule has 3 nitrogen and oxygen atoms in total. The van der Waals surface area contributed by atoms with Gasteiger partial charge in [0.15, 0.2) is 8.32 Å². The van der Waals surface area contributed by atoms with Crippen LogP contribution in [-0.4, -0.2) is 20.9 Å². The second kappa shape index (κ2) is 11.7. The molecule has 0 aliphatic carbocycles. The predicted octanol–water partition coefficient (Wildman–Crippen LogP) is 6.65. The number of hydrogen-bond acceptors (Lipinski definition) is 3. The summed E-state index contributed by atoms with van der Waals surface area (Å²) < 4.78 is 11.3. The molecule has 4 heteroatoms. The Hall–Kier alpha value is -1.13. The highest BCUT2D eigenvalue weighted by molar-refractivity contribution is 6.74. The molecular formula is C23H40O3Si. The zero-order valence-electron chi connectivity index (χ0n) is 18.4. The van der Waals surface area contributed by atoms with Gasteiger partial charge in [-0.05, 0) is 48.5 Å². The molecule has 154 valence electrons. The Balaban J connectivity index is 2.24. The second-order valence-corrected chi connectivity index (χ2v) is 13.9. The van der Waals surface area contributed by atoms with Crippen molar-refractivity contribution in [2.24, 2.45) is 0 Å². The van der Waals surface area contributed by atoms with Gasteiger partial charge in [-0.25, -0.2) is 0 Å². The maximum Gasteiger partial charge on any atom is 0.302 e. The molecule has 0 bridgehead atoms. The smallest absolute Gasteiger partial charge is 0.302 e. The maximum atomic E-state index is 10.7. The van der Waals surface area contributed by atoms with E-state index in [9.17, 15) is 4.79 Å². The number of hydrogen-bond donors (Lipinski definition) is 0. The summed E-state index contributed by atoms with van der Waals surface area (Å²) in [4.78, 5) is 10.7. The Labute approximate surface area is 168 Å². The highest BCUT2D eigenvalue weighted by Gasteiger charge is 2.36. The maximum absolute atomic E-state index is 10.7. The quantitative estimate of drug-likeness (QED) is 0.227. The average Bonchev–Trinajstić information content (AvgIpc) is 2.58. The van der Waals surface area contributed by atoms with Gasteiger partial charge in [-0.15, -0.1) is 0 Å². The zero-order valence-corrected chi connectivity index (χ0v) is 19.4. The molecule has 0 unspecified atom stereocenters. The van der Waals surface area contributed by atoms with E-state index in [-0.39, 0.29) is 11.0 Å².